The normalized spacial score (nSPS) is 27.6. The first-order chi connectivity index (χ1) is 14.8. The van der Waals surface area contributed by atoms with Crippen molar-refractivity contribution >= 4 is 17.3 Å². The number of fused-ring (bicyclic) bond motifs is 1. The Morgan fingerprint density at radius 3 is 2.42 bits per heavy atom. The minimum Gasteiger partial charge on any atom is -0.491 e. The molecule has 0 amide bonds. The molecular formula is C23H28ClNO6. The predicted molar refractivity (Wildman–Crippen MR) is 117 cm³/mol. The highest BCUT2D eigenvalue weighted by atomic mass is 35.5. The largest absolute Gasteiger partial charge is 0.491 e. The average Bonchev–Trinajstić information content (AvgIpc) is 3.25. The van der Waals surface area contributed by atoms with E-state index in [-0.39, 0.29) is 0 Å². The van der Waals surface area contributed by atoms with Gasteiger partial charge in [-0.1, -0.05) is 29.8 Å². The summed E-state index contributed by atoms with van der Waals surface area (Å²) in [6, 6.07) is 10.0. The molecule has 5 atom stereocenters. The van der Waals surface area contributed by atoms with Crippen LogP contribution >= 0.6 is 11.6 Å². The number of anilines is 1. The Hall–Kier alpha value is -1.87. The Kier molecular flexibility index (Phi) is 6.44. The Balaban J connectivity index is 1.71. The predicted octanol–water partition coefficient (Wildman–Crippen LogP) is 1.45. The molecule has 1 fully saturated rings. The van der Waals surface area contributed by atoms with Gasteiger partial charge in [-0.2, -0.15) is 0 Å². The van der Waals surface area contributed by atoms with Crippen molar-refractivity contribution in [2.75, 3.05) is 32.2 Å². The van der Waals surface area contributed by atoms with E-state index in [0.29, 0.717) is 35.8 Å². The van der Waals surface area contributed by atoms with Crippen molar-refractivity contribution in [2.24, 2.45) is 0 Å². The number of hydrogen-bond acceptors (Lipinski definition) is 7. The fourth-order valence-electron chi connectivity index (χ4n) is 4.28. The maximum atomic E-state index is 10.6. The highest BCUT2D eigenvalue weighted by molar-refractivity contribution is 6.33. The lowest BCUT2D eigenvalue weighted by Crippen LogP contribution is -2.55. The van der Waals surface area contributed by atoms with Gasteiger partial charge in [0.15, 0.2) is 0 Å². The monoisotopic (exact) mass is 449 g/mol. The molecule has 2 aromatic rings. The lowest BCUT2D eigenvalue weighted by atomic mass is 9.87. The molecule has 0 radical (unpaired) electrons. The second-order valence-corrected chi connectivity index (χ2v) is 8.71. The Morgan fingerprint density at radius 2 is 1.77 bits per heavy atom. The Bertz CT molecular complexity index is 933. The Morgan fingerprint density at radius 1 is 1.06 bits per heavy atom. The molecule has 4 N–H and O–H groups in total. The fourth-order valence-corrected chi connectivity index (χ4v) is 4.57. The third kappa shape index (κ3) is 4.14. The number of aliphatic hydroxyl groups excluding tert-OH is 4. The van der Waals surface area contributed by atoms with Crippen LogP contribution in [0.15, 0.2) is 30.3 Å². The van der Waals surface area contributed by atoms with E-state index in [4.69, 9.17) is 21.1 Å². The van der Waals surface area contributed by atoms with E-state index >= 15 is 0 Å². The summed E-state index contributed by atoms with van der Waals surface area (Å²) in [5.74, 6) is 0.566. The summed E-state index contributed by atoms with van der Waals surface area (Å²) in [5.41, 5.74) is 4.45. The molecule has 0 aliphatic carbocycles. The smallest absolute Gasteiger partial charge is 0.141 e. The number of hydrogen-bond donors (Lipinski definition) is 4. The summed E-state index contributed by atoms with van der Waals surface area (Å²) in [4.78, 5) is 2.03. The van der Waals surface area contributed by atoms with E-state index < -0.39 is 37.1 Å². The zero-order valence-corrected chi connectivity index (χ0v) is 18.3. The molecule has 4 rings (SSSR count). The lowest BCUT2D eigenvalue weighted by Gasteiger charge is -2.40. The van der Waals surface area contributed by atoms with Gasteiger partial charge in [0.1, 0.15) is 36.3 Å². The van der Waals surface area contributed by atoms with Gasteiger partial charge in [0.2, 0.25) is 0 Å². The van der Waals surface area contributed by atoms with Crippen molar-refractivity contribution in [3.05, 3.63) is 57.6 Å². The molecular weight excluding hydrogens is 422 g/mol. The first kappa shape index (κ1) is 22.3. The molecule has 168 valence electrons. The van der Waals surface area contributed by atoms with Crippen LogP contribution in [0, 0.1) is 0 Å². The van der Waals surface area contributed by atoms with Crippen LogP contribution in [0.4, 0.5) is 5.69 Å². The van der Waals surface area contributed by atoms with Gasteiger partial charge in [-0.3, -0.25) is 0 Å². The van der Waals surface area contributed by atoms with Gasteiger partial charge in [0.05, 0.1) is 18.2 Å². The van der Waals surface area contributed by atoms with Crippen molar-refractivity contribution in [1.29, 1.82) is 0 Å². The van der Waals surface area contributed by atoms with E-state index in [0.717, 1.165) is 22.4 Å². The van der Waals surface area contributed by atoms with Crippen LogP contribution in [0.25, 0.3) is 0 Å². The van der Waals surface area contributed by atoms with Gasteiger partial charge < -0.3 is 34.8 Å². The second kappa shape index (κ2) is 8.94. The zero-order chi connectivity index (χ0) is 22.3. The average molecular weight is 450 g/mol. The Labute approximate surface area is 186 Å². The lowest BCUT2D eigenvalue weighted by molar-refractivity contribution is -0.231. The number of nitrogens with zero attached hydrogens (tertiary/aromatic N) is 1. The molecule has 1 saturated heterocycles. The number of aliphatic hydroxyl groups is 4. The summed E-state index contributed by atoms with van der Waals surface area (Å²) in [7, 11) is 3.97. The van der Waals surface area contributed by atoms with Crippen molar-refractivity contribution in [3.63, 3.8) is 0 Å². The van der Waals surface area contributed by atoms with Crippen molar-refractivity contribution < 1.29 is 29.9 Å². The van der Waals surface area contributed by atoms with E-state index in [2.05, 4.69) is 0 Å². The van der Waals surface area contributed by atoms with Gasteiger partial charge in [-0.15, -0.1) is 0 Å². The van der Waals surface area contributed by atoms with E-state index in [9.17, 15) is 20.4 Å². The molecule has 31 heavy (non-hydrogen) atoms. The number of halogens is 1. The van der Waals surface area contributed by atoms with E-state index in [1.165, 1.54) is 0 Å². The first-order valence-corrected chi connectivity index (χ1v) is 10.7. The molecule has 0 bridgehead atoms. The van der Waals surface area contributed by atoms with Crippen LogP contribution in [0.2, 0.25) is 5.02 Å². The summed E-state index contributed by atoms with van der Waals surface area (Å²) >= 11 is 6.67. The standard InChI is InChI=1S/C23H28ClNO6/c1-25(2)14-5-3-12(4-6-14)9-13-10-16(15-7-8-30-22(15)18(13)24)23-21(29)20(28)19(27)17(11-26)31-23/h3-6,10,17,19-21,23,26-29H,7-9,11H2,1-2H3/t17-,19-,20+,21-,23+/m1/s1. The topological polar surface area (TPSA) is 103 Å². The van der Waals surface area contributed by atoms with E-state index in [1.54, 1.807) is 0 Å². The van der Waals surface area contributed by atoms with E-state index in [1.807, 2.05) is 49.3 Å². The maximum Gasteiger partial charge on any atom is 0.141 e. The van der Waals surface area contributed by atoms with Crippen LogP contribution in [0.3, 0.4) is 0 Å². The molecule has 2 heterocycles. The van der Waals surface area contributed by atoms with Crippen molar-refractivity contribution in [3.8, 4) is 5.75 Å². The van der Waals surface area contributed by atoms with Crippen LogP contribution in [0.5, 0.6) is 5.75 Å². The molecule has 0 saturated carbocycles. The molecule has 0 spiro atoms. The van der Waals surface area contributed by atoms with Gasteiger partial charge >= 0.3 is 0 Å². The van der Waals surface area contributed by atoms with Crippen LogP contribution in [0.1, 0.15) is 28.4 Å². The summed E-state index contributed by atoms with van der Waals surface area (Å²) in [5, 5.41) is 41.1. The molecule has 2 aliphatic heterocycles. The third-order valence-corrected chi connectivity index (χ3v) is 6.49. The summed E-state index contributed by atoms with van der Waals surface area (Å²) < 4.78 is 11.6. The number of ether oxygens (including phenoxy) is 2. The van der Waals surface area contributed by atoms with Crippen LogP contribution in [-0.2, 0) is 17.6 Å². The van der Waals surface area contributed by atoms with Crippen molar-refractivity contribution in [1.82, 2.24) is 0 Å². The zero-order valence-electron chi connectivity index (χ0n) is 17.5. The highest BCUT2D eigenvalue weighted by Gasteiger charge is 2.45. The summed E-state index contributed by atoms with van der Waals surface area (Å²) in [6.45, 7) is -0.0146. The first-order valence-electron chi connectivity index (χ1n) is 10.4. The minimum absolute atomic E-state index is 0.459. The molecule has 7 nitrogen and oxygen atoms in total. The van der Waals surface area contributed by atoms with Crippen LogP contribution < -0.4 is 9.64 Å². The van der Waals surface area contributed by atoms with Crippen molar-refractivity contribution in [2.45, 2.75) is 43.4 Å². The minimum atomic E-state index is -1.44. The second-order valence-electron chi connectivity index (χ2n) is 8.33. The fraction of sp³-hybridized carbons (Fsp3) is 0.478. The third-order valence-electron chi connectivity index (χ3n) is 6.08. The highest BCUT2D eigenvalue weighted by Crippen LogP contribution is 2.44. The SMILES string of the molecule is CN(C)c1ccc(Cc2cc([C@@H]3O[C@H](CO)[C@@H](O)[C@H](O)[C@H]3O)c3c(c2Cl)OCC3)cc1. The van der Waals surface area contributed by atoms with Gasteiger partial charge in [-0.05, 0) is 35.2 Å². The quantitative estimate of drug-likeness (QED) is 0.548. The molecule has 2 aromatic carbocycles. The van der Waals surface area contributed by atoms with Gasteiger partial charge in [0, 0.05) is 31.8 Å². The number of rotatable bonds is 5. The summed E-state index contributed by atoms with van der Waals surface area (Å²) in [6.07, 6.45) is -4.94. The van der Waals surface area contributed by atoms with Crippen LogP contribution in [-0.4, -0.2) is 72.2 Å². The van der Waals surface area contributed by atoms with Gasteiger partial charge in [-0.25, -0.2) is 0 Å². The number of benzene rings is 2. The molecule has 0 unspecified atom stereocenters. The molecule has 2 aliphatic rings. The van der Waals surface area contributed by atoms with Gasteiger partial charge in [0.25, 0.3) is 0 Å². The maximum absolute atomic E-state index is 10.6. The molecule has 0 aromatic heterocycles. The molecule has 8 heteroatoms.